The Morgan fingerprint density at radius 2 is 1.89 bits per heavy atom. The number of aromatic nitrogens is 2. The van der Waals surface area contributed by atoms with E-state index < -0.39 is 6.03 Å². The van der Waals surface area contributed by atoms with Crippen LogP contribution < -0.4 is 11.1 Å². The van der Waals surface area contributed by atoms with E-state index >= 15 is 0 Å². The predicted octanol–water partition coefficient (Wildman–Crippen LogP) is 4.53. The first-order valence-corrected chi connectivity index (χ1v) is 12.1. The minimum atomic E-state index is -0.651. The van der Waals surface area contributed by atoms with Crippen LogP contribution in [-0.2, 0) is 16.1 Å². The average Bonchev–Trinajstić information content (AvgIpc) is 3.45. The molecule has 188 valence electrons. The summed E-state index contributed by atoms with van der Waals surface area (Å²) in [5, 5.41) is 6.95. The Bertz CT molecular complexity index is 1080. The lowest BCUT2D eigenvalue weighted by atomic mass is 9.99. The number of nitrogens with two attached hydrogens (primary N) is 1. The van der Waals surface area contributed by atoms with E-state index in [0.717, 1.165) is 38.3 Å². The molecule has 1 aliphatic heterocycles. The number of amides is 2. The summed E-state index contributed by atoms with van der Waals surface area (Å²) < 4.78 is 25.2. The number of carbonyl (C=O) groups excluding carboxylic acids is 1. The van der Waals surface area contributed by atoms with Crippen molar-refractivity contribution in [1.82, 2.24) is 14.7 Å². The van der Waals surface area contributed by atoms with Gasteiger partial charge in [0.25, 0.3) is 0 Å². The molecule has 1 unspecified atom stereocenters. The molecule has 1 atom stereocenters. The molecule has 0 bridgehead atoms. The van der Waals surface area contributed by atoms with E-state index in [1.807, 2.05) is 42.5 Å². The third-order valence-corrected chi connectivity index (χ3v) is 6.48. The summed E-state index contributed by atoms with van der Waals surface area (Å²) in [5.74, 6) is 0.876. The standard InChI is InChI=1S/C13H18FNO.C12H13BrN4O2/c1-16-9-8-15-7-6-12(10-15)11-2-4-13(14)5-3-11;1-19-7-9-10(13)11(15-12(14)18)17(16-9)8-5-3-2-4-6-8/h2-5,12H,6-10H2,1H3;2-6H,7H2,1H3,(H3,14,15,18). The fourth-order valence-electron chi connectivity index (χ4n) is 3.92. The summed E-state index contributed by atoms with van der Waals surface area (Å²) in [7, 11) is 3.31. The number of halogens is 2. The quantitative estimate of drug-likeness (QED) is 0.432. The summed E-state index contributed by atoms with van der Waals surface area (Å²) in [6.07, 6.45) is 1.16. The van der Waals surface area contributed by atoms with Crippen molar-refractivity contribution in [3.8, 4) is 5.69 Å². The highest BCUT2D eigenvalue weighted by Gasteiger charge is 2.23. The highest BCUT2D eigenvalue weighted by atomic mass is 79.9. The highest BCUT2D eigenvalue weighted by molar-refractivity contribution is 9.10. The van der Waals surface area contributed by atoms with Crippen LogP contribution in [0.1, 0.15) is 23.6 Å². The molecule has 2 aromatic carbocycles. The number of para-hydroxylation sites is 1. The van der Waals surface area contributed by atoms with Crippen molar-refractivity contribution in [3.63, 3.8) is 0 Å². The van der Waals surface area contributed by atoms with Gasteiger partial charge in [0.15, 0.2) is 5.82 Å². The number of likely N-dealkylation sites (tertiary alicyclic amines) is 1. The zero-order valence-corrected chi connectivity index (χ0v) is 21.5. The van der Waals surface area contributed by atoms with E-state index in [-0.39, 0.29) is 5.82 Å². The third kappa shape index (κ3) is 7.60. The fraction of sp³-hybridized carbons (Fsp3) is 0.360. The third-order valence-electron chi connectivity index (χ3n) is 5.64. The maximum atomic E-state index is 12.8. The SMILES string of the molecule is COCCN1CCC(c2ccc(F)cc2)C1.COCc1nn(-c2ccccc2)c(NC(N)=O)c1Br. The molecular formula is C25H31BrFN5O3. The van der Waals surface area contributed by atoms with E-state index in [1.54, 1.807) is 31.0 Å². The summed E-state index contributed by atoms with van der Waals surface area (Å²) in [5.41, 5.74) is 7.92. The van der Waals surface area contributed by atoms with Crippen LogP contribution in [0.2, 0.25) is 0 Å². The molecule has 1 saturated heterocycles. The summed E-state index contributed by atoms with van der Waals surface area (Å²) >= 11 is 3.40. The summed E-state index contributed by atoms with van der Waals surface area (Å²) in [6.45, 7) is 4.29. The number of ether oxygens (including phenoxy) is 2. The topological polar surface area (TPSA) is 94.6 Å². The van der Waals surface area contributed by atoms with Crippen LogP contribution in [-0.4, -0.2) is 61.2 Å². The van der Waals surface area contributed by atoms with Gasteiger partial charge >= 0.3 is 6.03 Å². The van der Waals surface area contributed by atoms with Crippen molar-refractivity contribution in [2.75, 3.05) is 45.8 Å². The van der Waals surface area contributed by atoms with Gasteiger partial charge in [-0.1, -0.05) is 30.3 Å². The summed E-state index contributed by atoms with van der Waals surface area (Å²) in [6, 6.07) is 15.7. The Kier molecular flexibility index (Phi) is 10.2. The van der Waals surface area contributed by atoms with Crippen LogP contribution in [0, 0.1) is 5.82 Å². The maximum Gasteiger partial charge on any atom is 0.317 e. The number of rotatable bonds is 8. The fourth-order valence-corrected chi connectivity index (χ4v) is 4.38. The van der Waals surface area contributed by atoms with E-state index in [4.69, 9.17) is 15.2 Å². The molecule has 2 amide bonds. The highest BCUT2D eigenvalue weighted by Crippen LogP contribution is 2.29. The van der Waals surface area contributed by atoms with Crippen LogP contribution in [0.5, 0.6) is 0 Å². The number of nitrogens with zero attached hydrogens (tertiary/aromatic N) is 3. The van der Waals surface area contributed by atoms with E-state index in [2.05, 4.69) is 31.2 Å². The lowest BCUT2D eigenvalue weighted by molar-refractivity contribution is 0.160. The first kappa shape index (κ1) is 26.8. The van der Waals surface area contributed by atoms with Gasteiger partial charge in [-0.2, -0.15) is 5.10 Å². The molecule has 35 heavy (non-hydrogen) atoms. The number of nitrogens with one attached hydrogen (secondary N) is 1. The lowest BCUT2D eigenvalue weighted by Crippen LogP contribution is -2.24. The number of urea groups is 1. The van der Waals surface area contributed by atoms with Crippen molar-refractivity contribution in [2.24, 2.45) is 5.73 Å². The molecule has 0 aliphatic carbocycles. The van der Waals surface area contributed by atoms with Crippen molar-refractivity contribution < 1.29 is 18.7 Å². The van der Waals surface area contributed by atoms with E-state index in [1.165, 1.54) is 5.56 Å². The number of carbonyl (C=O) groups is 1. The number of anilines is 1. The van der Waals surface area contributed by atoms with Gasteiger partial charge in [0.05, 0.1) is 23.4 Å². The normalized spacial score (nSPS) is 15.5. The second-order valence-corrected chi connectivity index (χ2v) is 8.90. The Morgan fingerprint density at radius 1 is 1.17 bits per heavy atom. The molecule has 3 N–H and O–H groups in total. The molecule has 1 aliphatic rings. The number of hydrogen-bond donors (Lipinski definition) is 2. The van der Waals surface area contributed by atoms with Gasteiger partial charge in [0.1, 0.15) is 11.5 Å². The first-order valence-electron chi connectivity index (χ1n) is 11.3. The number of hydrogen-bond acceptors (Lipinski definition) is 5. The average molecular weight is 548 g/mol. The van der Waals surface area contributed by atoms with Gasteiger partial charge in [-0.3, -0.25) is 5.32 Å². The monoisotopic (exact) mass is 547 g/mol. The van der Waals surface area contributed by atoms with Crippen LogP contribution in [0.25, 0.3) is 5.69 Å². The zero-order chi connectivity index (χ0) is 25.2. The van der Waals surface area contributed by atoms with E-state index in [0.29, 0.717) is 28.5 Å². The van der Waals surface area contributed by atoms with Crippen LogP contribution in [0.3, 0.4) is 0 Å². The molecule has 0 spiro atoms. The second kappa shape index (κ2) is 13.3. The molecule has 2 heterocycles. The number of benzene rings is 2. The van der Waals surface area contributed by atoms with Crippen LogP contribution in [0.4, 0.5) is 15.0 Å². The molecule has 1 aromatic heterocycles. The van der Waals surface area contributed by atoms with Crippen LogP contribution >= 0.6 is 15.9 Å². The molecule has 0 saturated carbocycles. The molecule has 3 aromatic rings. The molecule has 10 heteroatoms. The van der Waals surface area contributed by atoms with Gasteiger partial charge < -0.3 is 20.1 Å². The Hall–Kier alpha value is -2.79. The Labute approximate surface area is 213 Å². The number of methoxy groups -OCH3 is 2. The minimum Gasteiger partial charge on any atom is -0.383 e. The Morgan fingerprint density at radius 3 is 2.51 bits per heavy atom. The number of primary amides is 1. The molecular weight excluding hydrogens is 517 g/mol. The van der Waals surface area contributed by atoms with Gasteiger partial charge in [0, 0.05) is 27.3 Å². The van der Waals surface area contributed by atoms with Crippen LogP contribution in [0.15, 0.2) is 59.1 Å². The minimum absolute atomic E-state index is 0.155. The molecule has 0 radical (unpaired) electrons. The summed E-state index contributed by atoms with van der Waals surface area (Å²) in [4.78, 5) is 13.5. The van der Waals surface area contributed by atoms with Crippen molar-refractivity contribution in [1.29, 1.82) is 0 Å². The van der Waals surface area contributed by atoms with Gasteiger partial charge in [-0.15, -0.1) is 0 Å². The van der Waals surface area contributed by atoms with Crippen molar-refractivity contribution in [2.45, 2.75) is 18.9 Å². The maximum absolute atomic E-state index is 12.8. The second-order valence-electron chi connectivity index (χ2n) is 8.11. The smallest absolute Gasteiger partial charge is 0.317 e. The first-order chi connectivity index (χ1) is 16.9. The van der Waals surface area contributed by atoms with Crippen molar-refractivity contribution >= 4 is 27.8 Å². The Balaban J connectivity index is 0.000000198. The zero-order valence-electron chi connectivity index (χ0n) is 19.9. The molecule has 4 rings (SSSR count). The van der Waals surface area contributed by atoms with Gasteiger partial charge in [-0.05, 0) is 64.6 Å². The lowest BCUT2D eigenvalue weighted by Gasteiger charge is -2.15. The molecule has 1 fully saturated rings. The van der Waals surface area contributed by atoms with E-state index in [9.17, 15) is 9.18 Å². The largest absolute Gasteiger partial charge is 0.383 e. The predicted molar refractivity (Wildman–Crippen MR) is 137 cm³/mol. The van der Waals surface area contributed by atoms with Crippen molar-refractivity contribution in [3.05, 3.63) is 76.1 Å². The molecule has 8 nitrogen and oxygen atoms in total. The van der Waals surface area contributed by atoms with Gasteiger partial charge in [-0.25, -0.2) is 13.9 Å². The van der Waals surface area contributed by atoms with Gasteiger partial charge in [0.2, 0.25) is 0 Å².